The Bertz CT molecular complexity index is 354. The van der Waals surface area contributed by atoms with Crippen molar-refractivity contribution in [3.63, 3.8) is 0 Å². The summed E-state index contributed by atoms with van der Waals surface area (Å²) in [5, 5.41) is 0. The fraction of sp³-hybridized carbons (Fsp3) is 0.933. The lowest BCUT2D eigenvalue weighted by molar-refractivity contribution is -0.150. The Hall–Kier alpha value is -0.570. The van der Waals surface area contributed by atoms with Crippen molar-refractivity contribution in [2.24, 2.45) is 11.8 Å². The molecule has 100 valence electrons. The van der Waals surface area contributed by atoms with Crippen LogP contribution in [-0.4, -0.2) is 47.4 Å². The molecule has 0 aromatic heterocycles. The van der Waals surface area contributed by atoms with E-state index < -0.39 is 0 Å². The summed E-state index contributed by atoms with van der Waals surface area (Å²) in [6.45, 7) is 3.71. The minimum absolute atomic E-state index is 0.451. The maximum absolute atomic E-state index is 12.2. The third-order valence-corrected chi connectivity index (χ3v) is 5.88. The van der Waals surface area contributed by atoms with Crippen LogP contribution in [0.2, 0.25) is 0 Å². The topological polar surface area (TPSA) is 23.6 Å². The van der Waals surface area contributed by atoms with Gasteiger partial charge in [0.25, 0.3) is 0 Å². The molecule has 4 rings (SSSR count). The van der Waals surface area contributed by atoms with E-state index in [0.717, 1.165) is 37.3 Å². The molecule has 1 amide bonds. The first kappa shape index (κ1) is 11.3. The summed E-state index contributed by atoms with van der Waals surface area (Å²) in [6.07, 6.45) is 8.64. The number of amides is 1. The van der Waals surface area contributed by atoms with Crippen molar-refractivity contribution in [1.82, 2.24) is 9.80 Å². The van der Waals surface area contributed by atoms with Gasteiger partial charge in [0.05, 0.1) is 0 Å². The molecule has 0 saturated carbocycles. The predicted molar refractivity (Wildman–Crippen MR) is 70.2 cm³/mol. The van der Waals surface area contributed by atoms with Crippen molar-refractivity contribution < 1.29 is 4.79 Å². The molecule has 18 heavy (non-hydrogen) atoms. The number of carbonyl (C=O) groups is 1. The van der Waals surface area contributed by atoms with Crippen LogP contribution in [0.15, 0.2) is 0 Å². The van der Waals surface area contributed by atoms with Gasteiger partial charge in [-0.3, -0.25) is 9.69 Å². The Morgan fingerprint density at radius 1 is 1.00 bits per heavy atom. The summed E-state index contributed by atoms with van der Waals surface area (Å²) in [7, 11) is 0. The molecule has 0 aliphatic carbocycles. The standard InChI is InChI=1S/C15H24N2O/c18-14-7-1-6-13-12-5-3-9-16-8-2-4-11(15(12)16)10-17(13)14/h11-13,15H,1-10H2/t11-,12-,13-,15-/m0/s1. The van der Waals surface area contributed by atoms with Crippen LogP contribution in [0, 0.1) is 11.8 Å². The first-order valence-corrected chi connectivity index (χ1v) is 7.88. The smallest absolute Gasteiger partial charge is 0.222 e. The highest BCUT2D eigenvalue weighted by Gasteiger charge is 2.50. The maximum Gasteiger partial charge on any atom is 0.222 e. The van der Waals surface area contributed by atoms with Gasteiger partial charge in [-0.05, 0) is 63.5 Å². The lowest BCUT2D eigenvalue weighted by Gasteiger charge is -2.58. The molecule has 0 N–H and O–H groups in total. The van der Waals surface area contributed by atoms with Gasteiger partial charge in [-0.25, -0.2) is 0 Å². The molecule has 3 heteroatoms. The first-order chi connectivity index (χ1) is 8.84. The van der Waals surface area contributed by atoms with Crippen molar-refractivity contribution in [3.8, 4) is 0 Å². The Kier molecular flexibility index (Phi) is 2.65. The third-order valence-electron chi connectivity index (χ3n) is 5.88. The number of nitrogens with zero attached hydrogens (tertiary/aromatic N) is 2. The van der Waals surface area contributed by atoms with Gasteiger partial charge in [0.1, 0.15) is 0 Å². The zero-order valence-electron chi connectivity index (χ0n) is 11.2. The molecule has 0 bridgehead atoms. The Labute approximate surface area is 110 Å². The highest BCUT2D eigenvalue weighted by atomic mass is 16.2. The van der Waals surface area contributed by atoms with E-state index in [1.54, 1.807) is 0 Å². The van der Waals surface area contributed by atoms with E-state index in [9.17, 15) is 4.79 Å². The molecule has 4 fully saturated rings. The SMILES string of the molecule is O=C1CCC[C@H]2[C@@H]3CCCN4CCC[C@@H](CN12)[C@@H]34. The molecule has 4 aliphatic rings. The minimum atomic E-state index is 0.451. The molecule has 3 nitrogen and oxygen atoms in total. The predicted octanol–water partition coefficient (Wildman–Crippen LogP) is 1.87. The van der Waals surface area contributed by atoms with E-state index in [0.29, 0.717) is 11.9 Å². The molecule has 0 aromatic rings. The zero-order valence-corrected chi connectivity index (χ0v) is 11.2. The van der Waals surface area contributed by atoms with Gasteiger partial charge in [0.2, 0.25) is 5.91 Å². The van der Waals surface area contributed by atoms with Gasteiger partial charge in [-0.1, -0.05) is 0 Å². The Morgan fingerprint density at radius 2 is 1.83 bits per heavy atom. The fourth-order valence-electron chi connectivity index (χ4n) is 5.26. The fourth-order valence-corrected chi connectivity index (χ4v) is 5.26. The molecule has 0 spiro atoms. The van der Waals surface area contributed by atoms with Crippen LogP contribution in [0.5, 0.6) is 0 Å². The largest absolute Gasteiger partial charge is 0.339 e. The van der Waals surface area contributed by atoms with Crippen LogP contribution in [0.4, 0.5) is 0 Å². The molecule has 0 aromatic carbocycles. The highest BCUT2D eigenvalue weighted by molar-refractivity contribution is 5.77. The van der Waals surface area contributed by atoms with Crippen molar-refractivity contribution >= 4 is 5.91 Å². The van der Waals surface area contributed by atoms with E-state index in [2.05, 4.69) is 9.80 Å². The van der Waals surface area contributed by atoms with Crippen LogP contribution >= 0.6 is 0 Å². The molecular weight excluding hydrogens is 224 g/mol. The second-order valence-electron chi connectivity index (χ2n) is 6.74. The average Bonchev–Trinajstić information content (AvgIpc) is 2.41. The second kappa shape index (κ2) is 4.22. The van der Waals surface area contributed by atoms with E-state index in [1.807, 2.05) is 0 Å². The molecule has 4 saturated heterocycles. The minimum Gasteiger partial charge on any atom is -0.339 e. The zero-order chi connectivity index (χ0) is 12.1. The van der Waals surface area contributed by atoms with Crippen LogP contribution < -0.4 is 0 Å². The summed E-state index contributed by atoms with van der Waals surface area (Å²) in [5.41, 5.74) is 0. The number of rotatable bonds is 0. The van der Waals surface area contributed by atoms with Crippen molar-refractivity contribution in [3.05, 3.63) is 0 Å². The number of piperidine rings is 4. The number of hydrogen-bond donors (Lipinski definition) is 0. The van der Waals surface area contributed by atoms with Crippen LogP contribution in [0.3, 0.4) is 0 Å². The van der Waals surface area contributed by atoms with Crippen LogP contribution in [-0.2, 0) is 4.79 Å². The third kappa shape index (κ3) is 1.56. The lowest BCUT2D eigenvalue weighted by Crippen LogP contribution is -2.66. The summed E-state index contributed by atoms with van der Waals surface area (Å²) in [4.78, 5) is 17.2. The van der Waals surface area contributed by atoms with Crippen molar-refractivity contribution in [1.29, 1.82) is 0 Å². The average molecular weight is 248 g/mol. The van der Waals surface area contributed by atoms with Gasteiger partial charge < -0.3 is 4.90 Å². The quantitative estimate of drug-likeness (QED) is 0.653. The summed E-state index contributed by atoms with van der Waals surface area (Å²) < 4.78 is 0. The maximum atomic E-state index is 12.2. The normalized spacial score (nSPS) is 44.4. The molecular formula is C15H24N2O. The number of fused-ring (bicyclic) bond motifs is 2. The van der Waals surface area contributed by atoms with Crippen molar-refractivity contribution in [2.75, 3.05) is 19.6 Å². The van der Waals surface area contributed by atoms with E-state index >= 15 is 0 Å². The number of carbonyl (C=O) groups excluding carboxylic acids is 1. The van der Waals surface area contributed by atoms with Gasteiger partial charge in [0, 0.05) is 25.0 Å². The van der Waals surface area contributed by atoms with Gasteiger partial charge in [-0.2, -0.15) is 0 Å². The monoisotopic (exact) mass is 248 g/mol. The molecule has 4 aliphatic heterocycles. The van der Waals surface area contributed by atoms with Gasteiger partial charge >= 0.3 is 0 Å². The lowest BCUT2D eigenvalue weighted by atomic mass is 9.68. The molecule has 4 heterocycles. The van der Waals surface area contributed by atoms with Gasteiger partial charge in [-0.15, -0.1) is 0 Å². The van der Waals surface area contributed by atoms with Crippen LogP contribution in [0.25, 0.3) is 0 Å². The van der Waals surface area contributed by atoms with Crippen LogP contribution in [0.1, 0.15) is 44.9 Å². The summed E-state index contributed by atoms with van der Waals surface area (Å²) in [6, 6.07) is 1.41. The Morgan fingerprint density at radius 3 is 2.72 bits per heavy atom. The summed E-state index contributed by atoms with van der Waals surface area (Å²) in [5.74, 6) is 2.02. The molecule has 4 atom stereocenters. The van der Waals surface area contributed by atoms with Crippen molar-refractivity contribution in [2.45, 2.75) is 57.0 Å². The second-order valence-corrected chi connectivity index (χ2v) is 6.74. The van der Waals surface area contributed by atoms with E-state index in [4.69, 9.17) is 0 Å². The number of hydrogen-bond acceptors (Lipinski definition) is 2. The summed E-state index contributed by atoms with van der Waals surface area (Å²) >= 11 is 0. The molecule has 0 unspecified atom stereocenters. The first-order valence-electron chi connectivity index (χ1n) is 7.88. The molecule has 0 radical (unpaired) electrons. The highest BCUT2D eigenvalue weighted by Crippen LogP contribution is 2.44. The van der Waals surface area contributed by atoms with E-state index in [-0.39, 0.29) is 0 Å². The van der Waals surface area contributed by atoms with Gasteiger partial charge in [0.15, 0.2) is 0 Å². The Balaban J connectivity index is 1.66. The van der Waals surface area contributed by atoms with E-state index in [1.165, 1.54) is 45.2 Å².